The number of rotatable bonds is 5. The second-order valence-electron chi connectivity index (χ2n) is 5.44. The zero-order chi connectivity index (χ0) is 15.4. The van der Waals surface area contributed by atoms with E-state index in [0.29, 0.717) is 5.56 Å². The van der Waals surface area contributed by atoms with Gasteiger partial charge in [-0.25, -0.2) is 4.98 Å². The van der Waals surface area contributed by atoms with E-state index in [1.165, 1.54) is 0 Å². The zero-order valence-electron chi connectivity index (χ0n) is 12.5. The van der Waals surface area contributed by atoms with Gasteiger partial charge in [0.15, 0.2) is 6.10 Å². The van der Waals surface area contributed by atoms with E-state index in [1.54, 1.807) is 30.5 Å². The fourth-order valence-electron chi connectivity index (χ4n) is 2.23. The minimum Gasteiger partial charge on any atom is -0.378 e. The van der Waals surface area contributed by atoms with Crippen LogP contribution in [0.3, 0.4) is 0 Å². The molecule has 0 radical (unpaired) electrons. The first-order valence-electron chi connectivity index (χ1n) is 7.01. The van der Waals surface area contributed by atoms with Gasteiger partial charge in [-0.1, -0.05) is 44.2 Å². The average molecular weight is 287 g/mol. The van der Waals surface area contributed by atoms with Crippen LogP contribution in [0.25, 0.3) is 0 Å². The van der Waals surface area contributed by atoms with Gasteiger partial charge in [0, 0.05) is 19.4 Å². The molecule has 0 aliphatic carbocycles. The molecule has 2 aromatic rings. The van der Waals surface area contributed by atoms with Crippen LogP contribution < -0.4 is 5.32 Å². The van der Waals surface area contributed by atoms with E-state index in [9.17, 15) is 9.90 Å². The lowest BCUT2D eigenvalue weighted by molar-refractivity contribution is -0.130. The van der Waals surface area contributed by atoms with Crippen molar-refractivity contribution < 1.29 is 9.90 Å². The molecule has 0 unspecified atom stereocenters. The second-order valence-corrected chi connectivity index (χ2v) is 5.44. The second kappa shape index (κ2) is 6.54. The molecule has 1 amide bonds. The number of aliphatic hydroxyl groups excluding tert-OH is 1. The smallest absolute Gasteiger partial charge is 0.254 e. The first-order valence-corrected chi connectivity index (χ1v) is 7.01. The third-order valence-electron chi connectivity index (χ3n) is 3.46. The minimum absolute atomic E-state index is 0.165. The van der Waals surface area contributed by atoms with Crippen LogP contribution in [0.5, 0.6) is 0 Å². The number of aryl methyl sites for hydroxylation is 1. The molecule has 5 heteroatoms. The summed E-state index contributed by atoms with van der Waals surface area (Å²) in [5.74, 6) is 0.527. The summed E-state index contributed by atoms with van der Waals surface area (Å²) in [6, 6.07) is 8.66. The van der Waals surface area contributed by atoms with Crippen molar-refractivity contribution >= 4 is 5.91 Å². The molecule has 21 heavy (non-hydrogen) atoms. The highest BCUT2D eigenvalue weighted by Crippen LogP contribution is 2.21. The SMILES string of the molecule is CC(C)[C@@H](NC(=O)[C@@H](O)c1ccccc1)c1nccn1C. The molecule has 0 aliphatic heterocycles. The Balaban J connectivity index is 2.14. The first kappa shape index (κ1) is 15.3. The van der Waals surface area contributed by atoms with Gasteiger partial charge in [0.05, 0.1) is 6.04 Å². The van der Waals surface area contributed by atoms with Crippen LogP contribution in [-0.2, 0) is 11.8 Å². The maximum Gasteiger partial charge on any atom is 0.254 e. The van der Waals surface area contributed by atoms with Gasteiger partial charge in [0.1, 0.15) is 5.82 Å². The van der Waals surface area contributed by atoms with Gasteiger partial charge in [-0.15, -0.1) is 0 Å². The van der Waals surface area contributed by atoms with Crippen molar-refractivity contribution in [2.24, 2.45) is 13.0 Å². The van der Waals surface area contributed by atoms with Crippen LogP contribution in [-0.4, -0.2) is 20.6 Å². The first-order chi connectivity index (χ1) is 10.0. The summed E-state index contributed by atoms with van der Waals surface area (Å²) in [5.41, 5.74) is 0.581. The molecule has 0 saturated heterocycles. The lowest BCUT2D eigenvalue weighted by Gasteiger charge is -2.23. The number of benzene rings is 1. The Labute approximate surface area is 124 Å². The molecule has 0 fully saturated rings. The highest BCUT2D eigenvalue weighted by Gasteiger charge is 2.25. The number of amides is 1. The molecule has 0 spiro atoms. The van der Waals surface area contributed by atoms with Gasteiger partial charge in [0.25, 0.3) is 5.91 Å². The normalized spacial score (nSPS) is 14.0. The Morgan fingerprint density at radius 2 is 1.95 bits per heavy atom. The monoisotopic (exact) mass is 287 g/mol. The zero-order valence-corrected chi connectivity index (χ0v) is 12.5. The third kappa shape index (κ3) is 3.49. The van der Waals surface area contributed by atoms with Crippen LogP contribution in [0, 0.1) is 5.92 Å². The van der Waals surface area contributed by atoms with E-state index in [2.05, 4.69) is 10.3 Å². The van der Waals surface area contributed by atoms with E-state index in [4.69, 9.17) is 0 Å². The summed E-state index contributed by atoms with van der Waals surface area (Å²) in [7, 11) is 1.89. The van der Waals surface area contributed by atoms with Gasteiger partial charge < -0.3 is 15.0 Å². The van der Waals surface area contributed by atoms with Gasteiger partial charge in [-0.05, 0) is 11.5 Å². The molecule has 0 aliphatic rings. The molecule has 1 heterocycles. The highest BCUT2D eigenvalue weighted by molar-refractivity contribution is 5.82. The maximum atomic E-state index is 12.3. The summed E-state index contributed by atoms with van der Waals surface area (Å²) >= 11 is 0. The van der Waals surface area contributed by atoms with E-state index < -0.39 is 12.0 Å². The molecule has 2 N–H and O–H groups in total. The Kier molecular flexibility index (Phi) is 4.75. The summed E-state index contributed by atoms with van der Waals surface area (Å²) < 4.78 is 1.87. The van der Waals surface area contributed by atoms with Crippen LogP contribution in [0.1, 0.15) is 37.4 Å². The minimum atomic E-state index is -1.17. The molecular formula is C16H21N3O2. The van der Waals surface area contributed by atoms with Crippen LogP contribution in [0.4, 0.5) is 0 Å². The van der Waals surface area contributed by atoms with E-state index in [-0.39, 0.29) is 12.0 Å². The number of nitrogens with zero attached hydrogens (tertiary/aromatic N) is 2. The molecule has 2 atom stereocenters. The Morgan fingerprint density at radius 1 is 1.29 bits per heavy atom. The molecule has 112 valence electrons. The van der Waals surface area contributed by atoms with Gasteiger partial charge >= 0.3 is 0 Å². The fraction of sp³-hybridized carbons (Fsp3) is 0.375. The van der Waals surface area contributed by atoms with Crippen LogP contribution >= 0.6 is 0 Å². The summed E-state index contributed by atoms with van der Waals surface area (Å²) in [6.07, 6.45) is 2.36. The van der Waals surface area contributed by atoms with Crippen LogP contribution in [0.15, 0.2) is 42.7 Å². The molecule has 0 saturated carbocycles. The van der Waals surface area contributed by atoms with Crippen molar-refractivity contribution in [2.45, 2.75) is 26.0 Å². The van der Waals surface area contributed by atoms with E-state index in [1.807, 2.05) is 37.7 Å². The number of hydrogen-bond donors (Lipinski definition) is 2. The van der Waals surface area contributed by atoms with Crippen molar-refractivity contribution in [2.75, 3.05) is 0 Å². The maximum absolute atomic E-state index is 12.3. The Bertz CT molecular complexity index is 593. The molecule has 5 nitrogen and oxygen atoms in total. The van der Waals surface area contributed by atoms with Crippen molar-refractivity contribution in [3.05, 3.63) is 54.1 Å². The lowest BCUT2D eigenvalue weighted by atomic mass is 10.0. The average Bonchev–Trinajstić information content (AvgIpc) is 2.90. The number of aromatic nitrogens is 2. The molecule has 2 rings (SSSR count). The summed E-state index contributed by atoms with van der Waals surface area (Å²) in [6.45, 7) is 4.02. The van der Waals surface area contributed by atoms with Crippen LogP contribution in [0.2, 0.25) is 0 Å². The predicted molar refractivity (Wildman–Crippen MR) is 80.3 cm³/mol. The van der Waals surface area contributed by atoms with Crippen molar-refractivity contribution in [3.63, 3.8) is 0 Å². The van der Waals surface area contributed by atoms with Crippen molar-refractivity contribution in [1.29, 1.82) is 0 Å². The molecular weight excluding hydrogens is 266 g/mol. The lowest BCUT2D eigenvalue weighted by Crippen LogP contribution is -2.36. The molecule has 1 aromatic carbocycles. The largest absolute Gasteiger partial charge is 0.378 e. The number of aliphatic hydroxyl groups is 1. The van der Waals surface area contributed by atoms with Crippen molar-refractivity contribution in [3.8, 4) is 0 Å². The molecule has 0 bridgehead atoms. The summed E-state index contributed by atoms with van der Waals surface area (Å²) in [5, 5.41) is 13.0. The van der Waals surface area contributed by atoms with Gasteiger partial charge in [-0.2, -0.15) is 0 Å². The fourth-order valence-corrected chi connectivity index (χ4v) is 2.23. The number of hydrogen-bond acceptors (Lipinski definition) is 3. The number of carbonyl (C=O) groups excluding carboxylic acids is 1. The predicted octanol–water partition coefficient (Wildman–Crippen LogP) is 1.97. The highest BCUT2D eigenvalue weighted by atomic mass is 16.3. The Morgan fingerprint density at radius 3 is 2.48 bits per heavy atom. The topological polar surface area (TPSA) is 67.2 Å². The number of nitrogens with one attached hydrogen (secondary N) is 1. The van der Waals surface area contributed by atoms with Gasteiger partial charge in [0.2, 0.25) is 0 Å². The van der Waals surface area contributed by atoms with E-state index in [0.717, 1.165) is 5.82 Å². The number of carbonyl (C=O) groups is 1. The summed E-state index contributed by atoms with van der Waals surface area (Å²) in [4.78, 5) is 16.6. The quantitative estimate of drug-likeness (QED) is 0.883. The third-order valence-corrected chi connectivity index (χ3v) is 3.46. The standard InChI is InChI=1S/C16H21N3O2/c1-11(2)13(15-17-9-10-19(15)3)18-16(21)14(20)12-7-5-4-6-8-12/h4-11,13-14,20H,1-3H3,(H,18,21)/t13-,14+/m1/s1. The van der Waals surface area contributed by atoms with E-state index >= 15 is 0 Å². The number of imidazole rings is 1. The Hall–Kier alpha value is -2.14. The molecule has 1 aromatic heterocycles. The van der Waals surface area contributed by atoms with Gasteiger partial charge in [-0.3, -0.25) is 4.79 Å². The van der Waals surface area contributed by atoms with Crippen molar-refractivity contribution in [1.82, 2.24) is 14.9 Å².